The lowest BCUT2D eigenvalue weighted by Gasteiger charge is -2.32. The lowest BCUT2D eigenvalue weighted by atomic mass is 9.97. The van der Waals surface area contributed by atoms with Crippen LogP contribution in [0.2, 0.25) is 0 Å². The van der Waals surface area contributed by atoms with E-state index in [9.17, 15) is 9.59 Å². The van der Waals surface area contributed by atoms with Crippen LogP contribution in [0.3, 0.4) is 0 Å². The van der Waals surface area contributed by atoms with Gasteiger partial charge in [0.05, 0.1) is 19.9 Å². The Balaban J connectivity index is 1.46. The maximum atomic E-state index is 13.6. The van der Waals surface area contributed by atoms with Crippen LogP contribution in [0, 0.1) is 0 Å². The molecule has 2 aliphatic rings. The maximum Gasteiger partial charge on any atom is 0.270 e. The minimum absolute atomic E-state index is 0.00428. The molecule has 0 spiro atoms. The molecule has 1 fully saturated rings. The summed E-state index contributed by atoms with van der Waals surface area (Å²) in [5.41, 5.74) is 4.81. The number of nitrogens with zero attached hydrogens (tertiary/aromatic N) is 2. The van der Waals surface area contributed by atoms with Crippen LogP contribution in [0.1, 0.15) is 23.1 Å². The smallest absolute Gasteiger partial charge is 0.270 e. The number of aryl methyl sites for hydroxylation is 1. The Bertz CT molecular complexity index is 1400. The molecule has 0 aliphatic carbocycles. The average molecular weight is 514 g/mol. The van der Waals surface area contributed by atoms with Crippen LogP contribution in [0.25, 0.3) is 6.08 Å². The van der Waals surface area contributed by atoms with Crippen molar-refractivity contribution in [2.75, 3.05) is 30.6 Å². The zero-order valence-electron chi connectivity index (χ0n) is 20.7. The summed E-state index contributed by atoms with van der Waals surface area (Å²) in [4.78, 5) is 30.0. The number of methoxy groups -OCH3 is 2. The van der Waals surface area contributed by atoms with Gasteiger partial charge in [-0.15, -0.1) is 0 Å². The van der Waals surface area contributed by atoms with Gasteiger partial charge in [0.2, 0.25) is 0 Å². The highest BCUT2D eigenvalue weighted by Crippen LogP contribution is 2.35. The van der Waals surface area contributed by atoms with Crippen molar-refractivity contribution < 1.29 is 19.1 Å². The van der Waals surface area contributed by atoms with Crippen molar-refractivity contribution in [1.82, 2.24) is 5.32 Å². The lowest BCUT2D eigenvalue weighted by molar-refractivity contribution is -0.122. The molecular weight excluding hydrogens is 486 g/mol. The van der Waals surface area contributed by atoms with Crippen LogP contribution in [0.5, 0.6) is 11.5 Å². The Morgan fingerprint density at radius 3 is 2.54 bits per heavy atom. The van der Waals surface area contributed by atoms with Gasteiger partial charge in [-0.25, -0.2) is 4.90 Å². The number of thiocarbonyl (C=S) groups is 1. The largest absolute Gasteiger partial charge is 0.497 e. The molecule has 0 unspecified atom stereocenters. The highest BCUT2D eigenvalue weighted by molar-refractivity contribution is 7.80. The molecule has 0 aromatic heterocycles. The number of carbonyl (C=O) groups excluding carboxylic acids is 2. The van der Waals surface area contributed by atoms with E-state index in [0.717, 1.165) is 31.5 Å². The van der Waals surface area contributed by atoms with Gasteiger partial charge < -0.3 is 14.4 Å². The Hall–Kier alpha value is -4.17. The molecule has 1 saturated heterocycles. The van der Waals surface area contributed by atoms with E-state index < -0.39 is 11.8 Å². The third-order valence-corrected chi connectivity index (χ3v) is 6.86. The highest BCUT2D eigenvalue weighted by atomic mass is 32.1. The molecule has 0 saturated carbocycles. The number of nitrogens with one attached hydrogen (secondary N) is 1. The predicted molar refractivity (Wildman–Crippen MR) is 148 cm³/mol. The summed E-state index contributed by atoms with van der Waals surface area (Å²) < 4.78 is 10.8. The van der Waals surface area contributed by atoms with Crippen molar-refractivity contribution in [2.24, 2.45) is 0 Å². The zero-order chi connectivity index (χ0) is 25.9. The molecule has 0 atom stereocenters. The first-order valence-electron chi connectivity index (χ1n) is 12.0. The molecule has 37 heavy (non-hydrogen) atoms. The van der Waals surface area contributed by atoms with Gasteiger partial charge in [-0.2, -0.15) is 0 Å². The molecule has 3 aromatic rings. The van der Waals surface area contributed by atoms with Gasteiger partial charge in [0, 0.05) is 24.8 Å². The predicted octanol–water partition coefficient (Wildman–Crippen LogP) is 4.49. The summed E-state index contributed by atoms with van der Waals surface area (Å²) >= 11 is 5.36. The monoisotopic (exact) mass is 513 g/mol. The number of amides is 2. The second kappa shape index (κ2) is 10.4. The van der Waals surface area contributed by atoms with Crippen molar-refractivity contribution in [1.29, 1.82) is 0 Å². The lowest BCUT2D eigenvalue weighted by Crippen LogP contribution is -2.54. The summed E-state index contributed by atoms with van der Waals surface area (Å²) in [7, 11) is 3.04. The summed E-state index contributed by atoms with van der Waals surface area (Å²) in [6, 6.07) is 21.5. The number of hydrogen-bond acceptors (Lipinski definition) is 6. The second-order valence-corrected chi connectivity index (χ2v) is 9.28. The van der Waals surface area contributed by atoms with E-state index in [-0.39, 0.29) is 10.7 Å². The fourth-order valence-electron chi connectivity index (χ4n) is 4.77. The van der Waals surface area contributed by atoms with Gasteiger partial charge in [-0.05, 0) is 72.1 Å². The number of carbonyl (C=O) groups is 2. The van der Waals surface area contributed by atoms with Crippen molar-refractivity contribution in [3.8, 4) is 11.5 Å². The van der Waals surface area contributed by atoms with Gasteiger partial charge in [0.25, 0.3) is 11.8 Å². The molecule has 2 aliphatic heterocycles. The van der Waals surface area contributed by atoms with E-state index >= 15 is 0 Å². The number of rotatable bonds is 6. The van der Waals surface area contributed by atoms with E-state index in [1.54, 1.807) is 24.3 Å². The van der Waals surface area contributed by atoms with E-state index in [2.05, 4.69) is 46.6 Å². The van der Waals surface area contributed by atoms with Gasteiger partial charge in [0.15, 0.2) is 5.11 Å². The Morgan fingerprint density at radius 2 is 1.78 bits per heavy atom. The van der Waals surface area contributed by atoms with Crippen molar-refractivity contribution >= 4 is 46.6 Å². The van der Waals surface area contributed by atoms with E-state index in [0.29, 0.717) is 17.2 Å². The molecule has 2 amide bonds. The van der Waals surface area contributed by atoms with Crippen LogP contribution in [0.4, 0.5) is 11.4 Å². The first-order chi connectivity index (χ1) is 18.0. The molecule has 5 rings (SSSR count). The third kappa shape index (κ3) is 4.93. The van der Waals surface area contributed by atoms with Crippen LogP contribution in [0.15, 0.2) is 72.3 Å². The standard InChI is InChI=1S/C29H27N3O4S/c1-35-22-11-13-26(36-2)25(17-22)32-28(34)23(27(33)30-29(32)37)16-20-10-12-24-21(15-20)9-6-14-31(24)18-19-7-4-3-5-8-19/h3-5,7-8,10-13,15-17H,6,9,14,18H2,1-2H3,(H,30,33,37). The van der Waals surface area contributed by atoms with Gasteiger partial charge in [-0.3, -0.25) is 14.9 Å². The molecule has 1 N–H and O–H groups in total. The summed E-state index contributed by atoms with van der Waals surface area (Å²) in [6.07, 6.45) is 3.60. The van der Waals surface area contributed by atoms with Gasteiger partial charge >= 0.3 is 0 Å². The van der Waals surface area contributed by atoms with Crippen molar-refractivity contribution in [2.45, 2.75) is 19.4 Å². The highest BCUT2D eigenvalue weighted by Gasteiger charge is 2.36. The Labute approximate surface area is 221 Å². The zero-order valence-corrected chi connectivity index (χ0v) is 21.5. The third-order valence-electron chi connectivity index (χ3n) is 6.57. The SMILES string of the molecule is COc1ccc(OC)c(N2C(=O)C(=Cc3ccc4c(c3)CCCN4Cc3ccccc3)C(=O)NC2=S)c1. The number of anilines is 2. The molecule has 8 heteroatoms. The van der Waals surface area contributed by atoms with Gasteiger partial charge in [0.1, 0.15) is 17.1 Å². The molecule has 0 bridgehead atoms. The fourth-order valence-corrected chi connectivity index (χ4v) is 5.04. The normalized spacial score (nSPS) is 16.5. The van der Waals surface area contributed by atoms with Crippen molar-refractivity contribution in [3.63, 3.8) is 0 Å². The molecule has 7 nitrogen and oxygen atoms in total. The number of ether oxygens (including phenoxy) is 2. The van der Waals surface area contributed by atoms with Crippen LogP contribution < -0.4 is 24.6 Å². The first kappa shape index (κ1) is 24.5. The first-order valence-corrected chi connectivity index (χ1v) is 12.4. The quantitative estimate of drug-likeness (QED) is 0.298. The maximum absolute atomic E-state index is 13.6. The molecule has 188 valence electrons. The minimum atomic E-state index is -0.531. The number of hydrogen-bond donors (Lipinski definition) is 1. The topological polar surface area (TPSA) is 71.1 Å². The minimum Gasteiger partial charge on any atom is -0.497 e. The Kier molecular flexibility index (Phi) is 6.92. The molecular formula is C29H27N3O4S. The van der Waals surface area contributed by atoms with E-state index in [1.807, 2.05) is 12.1 Å². The summed E-state index contributed by atoms with van der Waals surface area (Å²) in [5.74, 6) is -0.0943. The van der Waals surface area contributed by atoms with Crippen LogP contribution in [-0.4, -0.2) is 37.7 Å². The summed E-state index contributed by atoms with van der Waals surface area (Å²) in [6.45, 7) is 1.82. The van der Waals surface area contributed by atoms with Gasteiger partial charge in [-0.1, -0.05) is 36.4 Å². The van der Waals surface area contributed by atoms with E-state index in [4.69, 9.17) is 21.7 Å². The molecule has 2 heterocycles. The molecule has 0 radical (unpaired) electrons. The second-order valence-electron chi connectivity index (χ2n) is 8.89. The van der Waals surface area contributed by atoms with Crippen molar-refractivity contribution in [3.05, 3.63) is 89.0 Å². The molecule has 3 aromatic carbocycles. The fraction of sp³-hybridized carbons (Fsp3) is 0.207. The van der Waals surface area contributed by atoms with Crippen LogP contribution in [-0.2, 0) is 22.6 Å². The van der Waals surface area contributed by atoms with E-state index in [1.165, 1.54) is 35.9 Å². The number of fused-ring (bicyclic) bond motifs is 1. The Morgan fingerprint density at radius 1 is 0.973 bits per heavy atom. The number of benzene rings is 3. The van der Waals surface area contributed by atoms with Crippen LogP contribution >= 0.6 is 12.2 Å². The summed E-state index contributed by atoms with van der Waals surface area (Å²) in [5, 5.41) is 2.63. The average Bonchev–Trinajstić information content (AvgIpc) is 2.91.